The lowest BCUT2D eigenvalue weighted by molar-refractivity contribution is 0.0335. The Labute approximate surface area is 429 Å². The molecule has 0 saturated carbocycles. The molecule has 0 radical (unpaired) electrons. The van der Waals surface area contributed by atoms with E-state index in [4.69, 9.17) is 0 Å². The van der Waals surface area contributed by atoms with Crippen LogP contribution in [0.3, 0.4) is 0 Å². The molecule has 2 aromatic carbocycles. The van der Waals surface area contributed by atoms with Crippen molar-refractivity contribution in [1.29, 1.82) is 0 Å². The molecule has 0 amide bonds. The average molecular weight is 940 g/mol. The quantitative estimate of drug-likeness (QED) is 0.0797. The summed E-state index contributed by atoms with van der Waals surface area (Å²) in [6, 6.07) is 23.1. The molecule has 0 saturated heterocycles. The van der Waals surface area contributed by atoms with Crippen molar-refractivity contribution in [2.24, 2.45) is 148 Å². The molecule has 2 aromatic rings. The standard InChI is InChI=1S/C68H122/c1-40(2)42(5)62(25)68(29,66-38-34-31-35-39-66)64(27)60(23)58(21)56(19)54(17)52(15)50(13)48(11)46(9)44(7)43(6)45(8)47(10)49(12)51(14)53(16)55(18)57(20)59(22)63(26)67(28,61(24)41(3)4)65-36-32-30-33-37-65/h30-64H,1-29H3. The lowest BCUT2D eigenvalue weighted by Gasteiger charge is -2.50. The van der Waals surface area contributed by atoms with E-state index in [1.807, 2.05) is 0 Å². The third kappa shape index (κ3) is 13.5. The van der Waals surface area contributed by atoms with E-state index in [0.29, 0.717) is 148 Å². The molecule has 0 aliphatic heterocycles. The number of benzene rings is 2. The van der Waals surface area contributed by atoms with E-state index in [1.54, 1.807) is 0 Å². The van der Waals surface area contributed by atoms with Gasteiger partial charge in [0.2, 0.25) is 0 Å². The largest absolute Gasteiger partial charge is 0.0625 e. The third-order valence-corrected chi connectivity index (χ3v) is 25.1. The molecule has 25 unspecified atom stereocenters. The van der Waals surface area contributed by atoms with Gasteiger partial charge in [-0.3, -0.25) is 0 Å². The Kier molecular flexibility index (Phi) is 24.3. The highest BCUT2D eigenvalue weighted by Crippen LogP contribution is 2.52. The minimum atomic E-state index is 0.117. The van der Waals surface area contributed by atoms with Crippen LogP contribution in [0.2, 0.25) is 0 Å². The fourth-order valence-corrected chi connectivity index (χ4v) is 15.0. The SMILES string of the molecule is CC(C)C(C)C(C)C(C)(c1ccccc1)C(C)C(C)C(C)C(C)C(C)C(C)C(C)C(C)C(C)C(C)C(C)C(C)C(C)C(C)C(C)C(C)C(C)C(C)C(C)C(C)C(C)(c1ccccc1)C(C)C(C)C. The maximum absolute atomic E-state index is 2.61. The van der Waals surface area contributed by atoms with Gasteiger partial charge < -0.3 is 0 Å². The molecular weight excluding hydrogens is 817 g/mol. The van der Waals surface area contributed by atoms with Gasteiger partial charge in [-0.05, 0) is 170 Å². The van der Waals surface area contributed by atoms with Crippen molar-refractivity contribution in [1.82, 2.24) is 0 Å². The van der Waals surface area contributed by atoms with Crippen LogP contribution >= 0.6 is 0 Å². The molecule has 0 heterocycles. The highest BCUT2D eigenvalue weighted by molar-refractivity contribution is 5.28. The van der Waals surface area contributed by atoms with Gasteiger partial charge in [-0.1, -0.05) is 261 Å². The van der Waals surface area contributed by atoms with Gasteiger partial charge >= 0.3 is 0 Å². The molecule has 0 aliphatic rings. The molecule has 0 spiro atoms. The molecule has 25 atom stereocenters. The smallest absolute Gasteiger partial charge is 0.00188 e. The van der Waals surface area contributed by atoms with Gasteiger partial charge in [0, 0.05) is 0 Å². The summed E-state index contributed by atoms with van der Waals surface area (Å²) in [5.74, 6) is 16.3. The lowest BCUT2D eigenvalue weighted by Crippen LogP contribution is -2.46. The zero-order chi connectivity index (χ0) is 52.7. The zero-order valence-corrected chi connectivity index (χ0v) is 51.2. The summed E-state index contributed by atoms with van der Waals surface area (Å²) in [6.07, 6.45) is 0. The predicted molar refractivity (Wildman–Crippen MR) is 308 cm³/mol. The minimum Gasteiger partial charge on any atom is -0.0625 e. The fourth-order valence-electron chi connectivity index (χ4n) is 15.0. The Hall–Kier alpha value is -1.56. The van der Waals surface area contributed by atoms with Crippen LogP contribution < -0.4 is 0 Å². The summed E-state index contributed by atoms with van der Waals surface area (Å²) in [5.41, 5.74) is 3.29. The van der Waals surface area contributed by atoms with E-state index in [-0.39, 0.29) is 10.8 Å². The zero-order valence-electron chi connectivity index (χ0n) is 51.2. The third-order valence-electron chi connectivity index (χ3n) is 25.1. The van der Waals surface area contributed by atoms with Gasteiger partial charge in [0.25, 0.3) is 0 Å². The van der Waals surface area contributed by atoms with Crippen molar-refractivity contribution in [3.05, 3.63) is 71.8 Å². The van der Waals surface area contributed by atoms with Gasteiger partial charge in [-0.25, -0.2) is 0 Å². The van der Waals surface area contributed by atoms with Crippen molar-refractivity contribution >= 4 is 0 Å². The summed E-state index contributed by atoms with van der Waals surface area (Å²) < 4.78 is 0. The minimum absolute atomic E-state index is 0.117. The van der Waals surface area contributed by atoms with Crippen LogP contribution in [0.25, 0.3) is 0 Å². The normalized spacial score (nSPS) is 24.9. The van der Waals surface area contributed by atoms with Crippen molar-refractivity contribution in [3.63, 3.8) is 0 Å². The monoisotopic (exact) mass is 939 g/mol. The number of hydrogen-bond acceptors (Lipinski definition) is 0. The molecule has 0 aromatic heterocycles. The molecule has 0 nitrogen and oxygen atoms in total. The van der Waals surface area contributed by atoms with Crippen LogP contribution in [0.5, 0.6) is 0 Å². The number of hydrogen-bond donors (Lipinski definition) is 0. The van der Waals surface area contributed by atoms with E-state index in [9.17, 15) is 0 Å². The predicted octanol–water partition coefficient (Wildman–Crippen LogP) is 20.8. The van der Waals surface area contributed by atoms with Gasteiger partial charge in [0.1, 0.15) is 0 Å². The molecular formula is C68H122. The summed E-state index contributed by atoms with van der Waals surface area (Å²) >= 11 is 0. The van der Waals surface area contributed by atoms with Crippen molar-refractivity contribution in [2.75, 3.05) is 0 Å². The molecule has 2 rings (SSSR count). The summed E-state index contributed by atoms with van der Waals surface area (Å²) in [4.78, 5) is 0. The topological polar surface area (TPSA) is 0 Å². The van der Waals surface area contributed by atoms with Crippen LogP contribution in [-0.4, -0.2) is 0 Å². The van der Waals surface area contributed by atoms with Crippen molar-refractivity contribution in [3.8, 4) is 0 Å². The first kappa shape index (κ1) is 62.6. The maximum Gasteiger partial charge on any atom is -0.00188 e. The maximum atomic E-state index is 2.61. The Morgan fingerprint density at radius 3 is 0.574 bits per heavy atom. The molecule has 0 aliphatic carbocycles. The summed E-state index contributed by atoms with van der Waals surface area (Å²) in [5, 5.41) is 0. The second kappa shape index (κ2) is 26.4. The first-order valence-electron chi connectivity index (χ1n) is 29.4. The Bertz CT molecular complexity index is 1670. The average Bonchev–Trinajstić information content (AvgIpc) is 3.35. The van der Waals surface area contributed by atoms with Gasteiger partial charge in [0.15, 0.2) is 0 Å². The second-order valence-corrected chi connectivity index (χ2v) is 27.3. The van der Waals surface area contributed by atoms with E-state index in [1.165, 1.54) is 11.1 Å². The Morgan fingerprint density at radius 2 is 0.382 bits per heavy atom. The van der Waals surface area contributed by atoms with Crippen LogP contribution in [0, 0.1) is 148 Å². The van der Waals surface area contributed by atoms with E-state index >= 15 is 0 Å². The lowest BCUT2D eigenvalue weighted by atomic mass is 9.55. The summed E-state index contributed by atoms with van der Waals surface area (Å²) in [7, 11) is 0. The summed E-state index contributed by atoms with van der Waals surface area (Å²) in [6.45, 7) is 74.5. The van der Waals surface area contributed by atoms with E-state index in [0.717, 1.165) is 0 Å². The molecule has 0 bridgehead atoms. The van der Waals surface area contributed by atoms with E-state index < -0.39 is 0 Å². The van der Waals surface area contributed by atoms with Crippen LogP contribution in [-0.2, 0) is 10.8 Å². The Morgan fingerprint density at radius 1 is 0.206 bits per heavy atom. The van der Waals surface area contributed by atoms with Crippen LogP contribution in [0.15, 0.2) is 60.7 Å². The van der Waals surface area contributed by atoms with Crippen LogP contribution in [0.1, 0.15) is 212 Å². The molecule has 0 fully saturated rings. The molecule has 0 heteroatoms. The fraction of sp³-hybridized carbons (Fsp3) is 0.824. The van der Waals surface area contributed by atoms with Gasteiger partial charge in [-0.2, -0.15) is 0 Å². The molecule has 68 heavy (non-hydrogen) atoms. The first-order chi connectivity index (χ1) is 31.3. The highest BCUT2D eigenvalue weighted by atomic mass is 14.5. The van der Waals surface area contributed by atoms with Crippen LogP contribution in [0.4, 0.5) is 0 Å². The Balaban J connectivity index is 2.18. The van der Waals surface area contributed by atoms with Gasteiger partial charge in [0.05, 0.1) is 0 Å². The van der Waals surface area contributed by atoms with E-state index in [2.05, 4.69) is 261 Å². The number of rotatable bonds is 28. The first-order valence-corrected chi connectivity index (χ1v) is 29.4. The molecule has 0 N–H and O–H groups in total. The highest BCUT2D eigenvalue weighted by Gasteiger charge is 2.47. The van der Waals surface area contributed by atoms with Gasteiger partial charge in [-0.15, -0.1) is 0 Å². The molecule has 394 valence electrons. The van der Waals surface area contributed by atoms with Crippen molar-refractivity contribution < 1.29 is 0 Å². The van der Waals surface area contributed by atoms with Crippen molar-refractivity contribution in [2.45, 2.75) is 212 Å². The second-order valence-electron chi connectivity index (χ2n) is 27.3.